The van der Waals surface area contributed by atoms with Crippen molar-refractivity contribution in [1.29, 1.82) is 0 Å². The van der Waals surface area contributed by atoms with Crippen molar-refractivity contribution in [1.82, 2.24) is 15.5 Å². The van der Waals surface area contributed by atoms with Crippen molar-refractivity contribution in [3.63, 3.8) is 0 Å². The first-order chi connectivity index (χ1) is 17.6. The molecule has 0 radical (unpaired) electrons. The Labute approximate surface area is 216 Å². The van der Waals surface area contributed by atoms with Gasteiger partial charge in [-0.3, -0.25) is 19.2 Å². The number of nitrogens with one attached hydrogen (secondary N) is 2. The Hall–Kier alpha value is -3.51. The van der Waals surface area contributed by atoms with E-state index in [0.717, 1.165) is 5.56 Å². The van der Waals surface area contributed by atoms with Crippen LogP contribution in [0, 0.1) is 0 Å². The van der Waals surface area contributed by atoms with Crippen LogP contribution in [-0.2, 0) is 30.4 Å². The highest BCUT2D eigenvalue weighted by Gasteiger charge is 2.38. The van der Waals surface area contributed by atoms with E-state index in [-0.39, 0.29) is 25.7 Å². The maximum absolute atomic E-state index is 13.3. The van der Waals surface area contributed by atoms with Crippen LogP contribution in [-0.4, -0.2) is 76.9 Å². The number of amides is 4. The van der Waals surface area contributed by atoms with E-state index in [1.165, 1.54) is 4.90 Å². The molecule has 1 aromatic carbocycles. The normalized spacial score (nSPS) is 17.5. The third kappa shape index (κ3) is 9.47. The smallest absolute Gasteiger partial charge is 0.326 e. The highest BCUT2D eigenvalue weighted by atomic mass is 16.4. The van der Waals surface area contributed by atoms with Gasteiger partial charge >= 0.3 is 5.97 Å². The standard InChI is InChI=1S/C25H38N6O6/c26-13-5-4-9-18(25(36)37)29-22(33)19(15-16-7-2-1-3-8-16)30-23(34)20-10-6-14-31(20)24(35)17(27)11-12-21(28)32/h1-3,7-8,17-20H,4-6,9-15,26-27H2,(H2,28,32)(H,29,33)(H,30,34)(H,36,37). The number of aliphatic carboxylic acids is 1. The summed E-state index contributed by atoms with van der Waals surface area (Å²) in [6.45, 7) is 0.731. The second kappa shape index (κ2) is 14.9. The molecule has 1 saturated heterocycles. The first kappa shape index (κ1) is 29.7. The van der Waals surface area contributed by atoms with Crippen LogP contribution in [0.3, 0.4) is 0 Å². The topological polar surface area (TPSA) is 211 Å². The molecule has 2 rings (SSSR count). The number of benzene rings is 1. The second-order valence-electron chi connectivity index (χ2n) is 9.24. The highest BCUT2D eigenvalue weighted by Crippen LogP contribution is 2.20. The van der Waals surface area contributed by atoms with Crippen LogP contribution in [0.5, 0.6) is 0 Å². The number of carbonyl (C=O) groups is 5. The van der Waals surface area contributed by atoms with E-state index in [0.29, 0.717) is 38.8 Å². The van der Waals surface area contributed by atoms with Gasteiger partial charge in [0.2, 0.25) is 23.6 Å². The fraction of sp³-hybridized carbons (Fsp3) is 0.560. The summed E-state index contributed by atoms with van der Waals surface area (Å²) in [6.07, 6.45) is 2.47. The van der Waals surface area contributed by atoms with Gasteiger partial charge in [0.15, 0.2) is 0 Å². The number of hydrogen-bond donors (Lipinski definition) is 6. The van der Waals surface area contributed by atoms with Gasteiger partial charge < -0.3 is 37.8 Å². The lowest BCUT2D eigenvalue weighted by Gasteiger charge is -2.28. The van der Waals surface area contributed by atoms with Crippen LogP contribution in [0.25, 0.3) is 0 Å². The van der Waals surface area contributed by atoms with E-state index in [2.05, 4.69) is 10.6 Å². The van der Waals surface area contributed by atoms with Crippen molar-refractivity contribution in [3.8, 4) is 0 Å². The van der Waals surface area contributed by atoms with Crippen molar-refractivity contribution in [3.05, 3.63) is 35.9 Å². The van der Waals surface area contributed by atoms with Gasteiger partial charge in [-0.25, -0.2) is 4.79 Å². The molecule has 0 aliphatic carbocycles. The summed E-state index contributed by atoms with van der Waals surface area (Å²) < 4.78 is 0. The molecule has 0 bridgehead atoms. The zero-order valence-electron chi connectivity index (χ0n) is 20.9. The number of carbonyl (C=O) groups excluding carboxylic acids is 4. The lowest BCUT2D eigenvalue weighted by Crippen LogP contribution is -2.57. The Morgan fingerprint density at radius 2 is 1.73 bits per heavy atom. The van der Waals surface area contributed by atoms with E-state index in [9.17, 15) is 29.1 Å². The predicted octanol–water partition coefficient (Wildman–Crippen LogP) is -1.00. The molecule has 0 aromatic heterocycles. The van der Waals surface area contributed by atoms with Crippen molar-refractivity contribution in [2.24, 2.45) is 17.2 Å². The van der Waals surface area contributed by atoms with Crippen LogP contribution in [0.4, 0.5) is 0 Å². The Morgan fingerprint density at radius 1 is 1.03 bits per heavy atom. The number of likely N-dealkylation sites (tertiary alicyclic amines) is 1. The molecule has 1 fully saturated rings. The molecular formula is C25H38N6O6. The molecule has 9 N–H and O–H groups in total. The maximum Gasteiger partial charge on any atom is 0.326 e. The molecule has 204 valence electrons. The molecule has 0 saturated carbocycles. The number of carboxylic acids is 1. The van der Waals surface area contributed by atoms with E-state index in [4.69, 9.17) is 17.2 Å². The van der Waals surface area contributed by atoms with Gasteiger partial charge in [0.25, 0.3) is 0 Å². The Balaban J connectivity index is 2.14. The Kier molecular flexibility index (Phi) is 12.0. The minimum absolute atomic E-state index is 0.0487. The second-order valence-corrected chi connectivity index (χ2v) is 9.24. The lowest BCUT2D eigenvalue weighted by molar-refractivity contribution is -0.143. The molecule has 1 aromatic rings. The third-order valence-corrected chi connectivity index (χ3v) is 6.33. The highest BCUT2D eigenvalue weighted by molar-refractivity contribution is 5.94. The maximum atomic E-state index is 13.3. The van der Waals surface area contributed by atoms with Gasteiger partial charge in [-0.05, 0) is 50.6 Å². The first-order valence-corrected chi connectivity index (χ1v) is 12.6. The van der Waals surface area contributed by atoms with Gasteiger partial charge in [0.05, 0.1) is 6.04 Å². The minimum atomic E-state index is -1.17. The molecule has 12 nitrogen and oxygen atoms in total. The molecule has 0 spiro atoms. The zero-order chi connectivity index (χ0) is 27.4. The molecule has 1 aliphatic rings. The fourth-order valence-corrected chi connectivity index (χ4v) is 4.29. The van der Waals surface area contributed by atoms with E-state index in [1.807, 2.05) is 6.07 Å². The SMILES string of the molecule is NCCCCC(NC(=O)C(Cc1ccccc1)NC(=O)C1CCCN1C(=O)C(N)CCC(N)=O)C(=O)O. The van der Waals surface area contributed by atoms with Crippen molar-refractivity contribution in [2.75, 3.05) is 13.1 Å². The van der Waals surface area contributed by atoms with Gasteiger partial charge in [0.1, 0.15) is 18.1 Å². The summed E-state index contributed by atoms with van der Waals surface area (Å²) in [6, 6.07) is 5.00. The zero-order valence-corrected chi connectivity index (χ0v) is 20.9. The number of carboxylic acid groups (broad SMARTS) is 1. The first-order valence-electron chi connectivity index (χ1n) is 12.6. The molecule has 1 aliphatic heterocycles. The summed E-state index contributed by atoms with van der Waals surface area (Å²) in [5, 5.41) is 14.8. The summed E-state index contributed by atoms with van der Waals surface area (Å²) in [5.74, 6) is -3.37. The number of nitrogens with zero attached hydrogens (tertiary/aromatic N) is 1. The summed E-state index contributed by atoms with van der Waals surface area (Å²) in [4.78, 5) is 63.4. The molecule has 4 atom stereocenters. The molecular weight excluding hydrogens is 480 g/mol. The summed E-state index contributed by atoms with van der Waals surface area (Å²) in [5.41, 5.74) is 17.3. The summed E-state index contributed by atoms with van der Waals surface area (Å²) in [7, 11) is 0. The van der Waals surface area contributed by atoms with Gasteiger partial charge in [-0.15, -0.1) is 0 Å². The molecule has 4 amide bonds. The lowest BCUT2D eigenvalue weighted by atomic mass is 10.0. The van der Waals surface area contributed by atoms with Crippen molar-refractivity contribution >= 4 is 29.6 Å². The number of primary amides is 1. The van der Waals surface area contributed by atoms with Crippen LogP contribution in [0.2, 0.25) is 0 Å². The molecule has 12 heteroatoms. The van der Waals surface area contributed by atoms with Crippen LogP contribution >= 0.6 is 0 Å². The largest absolute Gasteiger partial charge is 0.480 e. The number of unbranched alkanes of at least 4 members (excludes halogenated alkanes) is 1. The van der Waals surface area contributed by atoms with Crippen LogP contribution in [0.15, 0.2) is 30.3 Å². The third-order valence-electron chi connectivity index (χ3n) is 6.33. The fourth-order valence-electron chi connectivity index (χ4n) is 4.29. The predicted molar refractivity (Wildman–Crippen MR) is 136 cm³/mol. The van der Waals surface area contributed by atoms with Crippen molar-refractivity contribution < 1.29 is 29.1 Å². The average Bonchev–Trinajstić information content (AvgIpc) is 3.36. The van der Waals surface area contributed by atoms with E-state index >= 15 is 0 Å². The summed E-state index contributed by atoms with van der Waals surface area (Å²) >= 11 is 0. The molecule has 4 unspecified atom stereocenters. The van der Waals surface area contributed by atoms with Gasteiger partial charge in [-0.2, -0.15) is 0 Å². The van der Waals surface area contributed by atoms with Gasteiger partial charge in [-0.1, -0.05) is 30.3 Å². The van der Waals surface area contributed by atoms with Crippen LogP contribution in [0.1, 0.15) is 50.5 Å². The Bertz CT molecular complexity index is 943. The monoisotopic (exact) mass is 518 g/mol. The number of hydrogen-bond acceptors (Lipinski definition) is 7. The molecule has 37 heavy (non-hydrogen) atoms. The quantitative estimate of drug-likeness (QED) is 0.158. The van der Waals surface area contributed by atoms with E-state index < -0.39 is 53.8 Å². The number of rotatable bonds is 15. The Morgan fingerprint density at radius 3 is 2.35 bits per heavy atom. The number of nitrogens with two attached hydrogens (primary N) is 3. The van der Waals surface area contributed by atoms with Crippen LogP contribution < -0.4 is 27.8 Å². The average molecular weight is 519 g/mol. The molecule has 1 heterocycles. The van der Waals surface area contributed by atoms with E-state index in [1.54, 1.807) is 24.3 Å². The van der Waals surface area contributed by atoms with Gasteiger partial charge in [0, 0.05) is 19.4 Å². The van der Waals surface area contributed by atoms with Crippen molar-refractivity contribution in [2.45, 2.75) is 75.5 Å². The minimum Gasteiger partial charge on any atom is -0.480 e.